The topological polar surface area (TPSA) is 45.2 Å². The van der Waals surface area contributed by atoms with Crippen LogP contribution >= 0.6 is 11.3 Å². The molecule has 5 heteroatoms. The number of aryl methyl sites for hydroxylation is 2. The molecule has 1 aromatic carbocycles. The first-order valence-electron chi connectivity index (χ1n) is 7.97. The van der Waals surface area contributed by atoms with Gasteiger partial charge in [0.05, 0.1) is 11.6 Å². The van der Waals surface area contributed by atoms with Crippen LogP contribution in [0.4, 0.5) is 4.79 Å². The van der Waals surface area contributed by atoms with Crippen molar-refractivity contribution in [2.45, 2.75) is 38.6 Å². The highest BCUT2D eigenvalue weighted by Gasteiger charge is 2.45. The summed E-state index contributed by atoms with van der Waals surface area (Å²) in [6.45, 7) is 5.44. The fraction of sp³-hybridized carbons (Fsp3) is 0.444. The van der Waals surface area contributed by atoms with Crippen molar-refractivity contribution in [1.29, 1.82) is 0 Å². The lowest BCUT2D eigenvalue weighted by Crippen LogP contribution is -2.40. The van der Waals surface area contributed by atoms with Gasteiger partial charge in [-0.1, -0.05) is 24.3 Å². The molecule has 4 nitrogen and oxygen atoms in total. The Labute approximate surface area is 141 Å². The second kappa shape index (κ2) is 6.32. The van der Waals surface area contributed by atoms with E-state index >= 15 is 0 Å². The number of urea groups is 1. The van der Waals surface area contributed by atoms with Crippen LogP contribution in [0.25, 0.3) is 0 Å². The molecular formula is C18H23N3OS. The Hall–Kier alpha value is -1.88. The first-order chi connectivity index (χ1) is 11.0. The van der Waals surface area contributed by atoms with Gasteiger partial charge in [-0.05, 0) is 37.8 Å². The van der Waals surface area contributed by atoms with E-state index in [1.54, 1.807) is 16.2 Å². The molecule has 1 fully saturated rings. The van der Waals surface area contributed by atoms with Crippen molar-refractivity contribution in [3.63, 3.8) is 0 Å². The van der Waals surface area contributed by atoms with Crippen LogP contribution in [-0.2, 0) is 12.0 Å². The highest BCUT2D eigenvalue weighted by Crippen LogP contribution is 2.48. The van der Waals surface area contributed by atoms with Gasteiger partial charge in [-0.15, -0.1) is 11.3 Å². The molecule has 1 aromatic heterocycles. The molecule has 0 saturated heterocycles. The molecule has 0 spiro atoms. The molecule has 1 saturated carbocycles. The molecule has 1 aliphatic rings. The van der Waals surface area contributed by atoms with E-state index in [1.165, 1.54) is 11.1 Å². The van der Waals surface area contributed by atoms with Gasteiger partial charge < -0.3 is 10.2 Å². The number of carbonyl (C=O) groups is 1. The zero-order chi connectivity index (χ0) is 16.4. The van der Waals surface area contributed by atoms with Crippen LogP contribution in [-0.4, -0.2) is 29.5 Å². The zero-order valence-corrected chi connectivity index (χ0v) is 14.7. The van der Waals surface area contributed by atoms with E-state index in [-0.39, 0.29) is 11.4 Å². The summed E-state index contributed by atoms with van der Waals surface area (Å²) in [7, 11) is 1.83. The van der Waals surface area contributed by atoms with E-state index in [0.717, 1.165) is 22.7 Å². The third-order valence-electron chi connectivity index (χ3n) is 4.56. The van der Waals surface area contributed by atoms with Crippen LogP contribution in [0.1, 0.15) is 33.9 Å². The van der Waals surface area contributed by atoms with E-state index in [1.807, 2.05) is 20.2 Å². The van der Waals surface area contributed by atoms with Gasteiger partial charge in [0.15, 0.2) is 0 Å². The molecule has 1 heterocycles. The maximum atomic E-state index is 12.3. The molecule has 1 N–H and O–H groups in total. The fourth-order valence-electron chi connectivity index (χ4n) is 3.02. The number of benzene rings is 1. The van der Waals surface area contributed by atoms with Crippen LogP contribution in [0.3, 0.4) is 0 Å². The number of thiazole rings is 1. The molecule has 0 radical (unpaired) electrons. The maximum absolute atomic E-state index is 12.3. The third-order valence-corrected chi connectivity index (χ3v) is 5.45. The number of hydrogen-bond donors (Lipinski definition) is 1. The van der Waals surface area contributed by atoms with Crippen molar-refractivity contribution in [1.82, 2.24) is 15.2 Å². The van der Waals surface area contributed by atoms with Gasteiger partial charge in [-0.2, -0.15) is 0 Å². The van der Waals surface area contributed by atoms with Crippen LogP contribution < -0.4 is 5.32 Å². The summed E-state index contributed by atoms with van der Waals surface area (Å²) in [6, 6.07) is 8.48. The van der Waals surface area contributed by atoms with E-state index in [9.17, 15) is 4.79 Å². The molecule has 2 aromatic rings. The highest BCUT2D eigenvalue weighted by molar-refractivity contribution is 7.11. The summed E-state index contributed by atoms with van der Waals surface area (Å²) in [6.07, 6.45) is 4.14. The molecular weight excluding hydrogens is 306 g/mol. The molecule has 2 amide bonds. The summed E-state index contributed by atoms with van der Waals surface area (Å²) in [5.74, 6) is 0. The van der Waals surface area contributed by atoms with Crippen molar-refractivity contribution in [3.8, 4) is 0 Å². The Kier molecular flexibility index (Phi) is 4.39. The Balaban J connectivity index is 1.57. The van der Waals surface area contributed by atoms with Crippen molar-refractivity contribution >= 4 is 17.4 Å². The predicted octanol–water partition coefficient (Wildman–Crippen LogP) is 3.63. The minimum atomic E-state index is -0.0177. The maximum Gasteiger partial charge on any atom is 0.317 e. The predicted molar refractivity (Wildman–Crippen MR) is 93.8 cm³/mol. The van der Waals surface area contributed by atoms with E-state index in [2.05, 4.69) is 41.5 Å². The minimum absolute atomic E-state index is 0.0177. The van der Waals surface area contributed by atoms with Gasteiger partial charge >= 0.3 is 6.03 Å². The molecule has 0 bridgehead atoms. The highest BCUT2D eigenvalue weighted by atomic mass is 32.1. The van der Waals surface area contributed by atoms with Gasteiger partial charge in [0.2, 0.25) is 0 Å². The summed E-state index contributed by atoms with van der Waals surface area (Å²) in [5, 5.41) is 4.14. The lowest BCUT2D eigenvalue weighted by Gasteiger charge is -2.22. The first-order valence-corrected chi connectivity index (χ1v) is 8.78. The van der Waals surface area contributed by atoms with Crippen LogP contribution in [0.2, 0.25) is 0 Å². The van der Waals surface area contributed by atoms with E-state index < -0.39 is 0 Å². The number of rotatable bonds is 5. The smallest absolute Gasteiger partial charge is 0.317 e. The Morgan fingerprint density at radius 1 is 1.35 bits per heavy atom. The number of hydrogen-bond acceptors (Lipinski definition) is 3. The van der Waals surface area contributed by atoms with E-state index in [0.29, 0.717) is 13.1 Å². The normalized spacial score (nSPS) is 15.3. The largest absolute Gasteiger partial charge is 0.337 e. The van der Waals surface area contributed by atoms with Gasteiger partial charge in [0.1, 0.15) is 0 Å². The Morgan fingerprint density at radius 3 is 2.70 bits per heavy atom. The summed E-state index contributed by atoms with van der Waals surface area (Å²) in [4.78, 5) is 19.4. The van der Waals surface area contributed by atoms with Crippen LogP contribution in [0, 0.1) is 13.8 Å². The van der Waals surface area contributed by atoms with Crippen molar-refractivity contribution in [2.24, 2.45) is 0 Å². The monoisotopic (exact) mass is 329 g/mol. The fourth-order valence-corrected chi connectivity index (χ4v) is 3.87. The van der Waals surface area contributed by atoms with Crippen LogP contribution in [0.5, 0.6) is 0 Å². The SMILES string of the molecule is Cc1ncc(CN(C)C(=O)NCC2(c3ccccc3C)CC2)s1. The quantitative estimate of drug-likeness (QED) is 0.910. The average Bonchev–Trinajstić information content (AvgIpc) is 3.21. The standard InChI is InChI=1S/C18H23N3OS/c1-13-6-4-5-7-16(13)18(8-9-18)12-20-17(22)21(3)11-15-10-19-14(2)23-15/h4-7,10H,8-9,11-12H2,1-3H3,(H,20,22). The summed E-state index contributed by atoms with van der Waals surface area (Å²) in [5.41, 5.74) is 2.83. The molecule has 122 valence electrons. The summed E-state index contributed by atoms with van der Waals surface area (Å²) < 4.78 is 0. The Bertz CT molecular complexity index is 706. The van der Waals surface area contributed by atoms with Gasteiger partial charge in [-0.25, -0.2) is 9.78 Å². The number of nitrogens with one attached hydrogen (secondary N) is 1. The second-order valence-corrected chi connectivity index (χ2v) is 7.77. The molecule has 0 atom stereocenters. The number of amides is 2. The van der Waals surface area contributed by atoms with E-state index in [4.69, 9.17) is 0 Å². The van der Waals surface area contributed by atoms with Crippen LogP contribution in [0.15, 0.2) is 30.5 Å². The average molecular weight is 329 g/mol. The van der Waals surface area contributed by atoms with Gasteiger partial charge in [-0.3, -0.25) is 0 Å². The molecule has 1 aliphatic carbocycles. The summed E-state index contributed by atoms with van der Waals surface area (Å²) >= 11 is 1.64. The molecule has 0 aliphatic heterocycles. The van der Waals surface area contributed by atoms with Gasteiger partial charge in [0, 0.05) is 30.1 Å². The number of nitrogens with zero attached hydrogens (tertiary/aromatic N) is 2. The number of aromatic nitrogens is 1. The third kappa shape index (κ3) is 3.55. The lowest BCUT2D eigenvalue weighted by molar-refractivity contribution is 0.206. The Morgan fingerprint density at radius 2 is 2.09 bits per heavy atom. The zero-order valence-electron chi connectivity index (χ0n) is 13.9. The molecule has 3 rings (SSSR count). The first kappa shape index (κ1) is 16.0. The van der Waals surface area contributed by atoms with Crippen molar-refractivity contribution in [2.75, 3.05) is 13.6 Å². The van der Waals surface area contributed by atoms with Crippen molar-refractivity contribution in [3.05, 3.63) is 51.5 Å². The lowest BCUT2D eigenvalue weighted by atomic mass is 9.92. The van der Waals surface area contributed by atoms with Gasteiger partial charge in [0.25, 0.3) is 0 Å². The molecule has 0 unspecified atom stereocenters. The van der Waals surface area contributed by atoms with Crippen molar-refractivity contribution < 1.29 is 4.79 Å². The minimum Gasteiger partial charge on any atom is -0.337 e. The molecule has 23 heavy (non-hydrogen) atoms. The number of carbonyl (C=O) groups excluding carboxylic acids is 1. The second-order valence-electron chi connectivity index (χ2n) is 6.46.